The van der Waals surface area contributed by atoms with Crippen LogP contribution in [0.4, 0.5) is 0 Å². The molecular weight excluding hydrogens is 190 g/mol. The van der Waals surface area contributed by atoms with Gasteiger partial charge in [-0.25, -0.2) is 0 Å². The first kappa shape index (κ1) is 12.9. The Kier molecular flexibility index (Phi) is 5.58. The fraction of sp³-hybridized carbons (Fsp3) is 1.00. The first-order valence-corrected chi connectivity index (χ1v) is 6.17. The van der Waals surface area contributed by atoms with E-state index in [4.69, 9.17) is 4.74 Å². The molecule has 90 valence electrons. The van der Waals surface area contributed by atoms with Crippen LogP contribution in [0.2, 0.25) is 0 Å². The van der Waals surface area contributed by atoms with Crippen LogP contribution in [0.15, 0.2) is 0 Å². The summed E-state index contributed by atoms with van der Waals surface area (Å²) in [6.45, 7) is 6.30. The van der Waals surface area contributed by atoms with Crippen molar-refractivity contribution in [3.63, 3.8) is 0 Å². The Morgan fingerprint density at radius 1 is 1.53 bits per heavy atom. The van der Waals surface area contributed by atoms with Gasteiger partial charge < -0.3 is 15.2 Å². The number of rotatable bonds is 7. The number of nitrogens with one attached hydrogen (secondary N) is 1. The van der Waals surface area contributed by atoms with Gasteiger partial charge in [0.15, 0.2) is 0 Å². The Morgan fingerprint density at radius 3 is 2.87 bits per heavy atom. The van der Waals surface area contributed by atoms with Crippen LogP contribution in [-0.4, -0.2) is 36.5 Å². The van der Waals surface area contributed by atoms with E-state index in [0.29, 0.717) is 6.10 Å². The van der Waals surface area contributed by atoms with Crippen molar-refractivity contribution >= 4 is 0 Å². The maximum absolute atomic E-state index is 9.21. The number of aliphatic hydroxyl groups is 1. The highest BCUT2D eigenvalue weighted by atomic mass is 16.5. The predicted molar refractivity (Wildman–Crippen MR) is 62.0 cm³/mol. The van der Waals surface area contributed by atoms with E-state index in [2.05, 4.69) is 19.2 Å². The molecule has 1 fully saturated rings. The van der Waals surface area contributed by atoms with Gasteiger partial charge in [0.25, 0.3) is 0 Å². The molecule has 0 radical (unpaired) electrons. The van der Waals surface area contributed by atoms with Crippen molar-refractivity contribution in [1.29, 1.82) is 0 Å². The van der Waals surface area contributed by atoms with E-state index in [-0.39, 0.29) is 12.1 Å². The van der Waals surface area contributed by atoms with E-state index in [9.17, 15) is 5.11 Å². The van der Waals surface area contributed by atoms with Gasteiger partial charge in [-0.15, -0.1) is 0 Å². The van der Waals surface area contributed by atoms with E-state index in [1.54, 1.807) is 0 Å². The average Bonchev–Trinajstić information content (AvgIpc) is 2.77. The smallest absolute Gasteiger partial charge is 0.0610 e. The van der Waals surface area contributed by atoms with Crippen molar-refractivity contribution in [2.75, 3.05) is 19.8 Å². The minimum atomic E-state index is -0.101. The molecule has 2 unspecified atom stereocenters. The van der Waals surface area contributed by atoms with Gasteiger partial charge in [-0.1, -0.05) is 6.92 Å². The van der Waals surface area contributed by atoms with Crippen molar-refractivity contribution in [3.05, 3.63) is 0 Å². The minimum absolute atomic E-state index is 0.101. The Balaban J connectivity index is 2.04. The Labute approximate surface area is 93.2 Å². The summed E-state index contributed by atoms with van der Waals surface area (Å²) in [4.78, 5) is 0. The zero-order valence-corrected chi connectivity index (χ0v) is 10.1. The highest BCUT2D eigenvalue weighted by Gasteiger charge is 2.20. The maximum atomic E-state index is 9.21. The van der Waals surface area contributed by atoms with Crippen molar-refractivity contribution < 1.29 is 9.84 Å². The Bertz CT molecular complexity index is 163. The predicted octanol–water partition coefficient (Wildman–Crippen LogP) is 1.70. The fourth-order valence-electron chi connectivity index (χ4n) is 1.88. The summed E-state index contributed by atoms with van der Waals surface area (Å²) >= 11 is 0. The molecule has 0 aliphatic carbocycles. The highest BCUT2D eigenvalue weighted by Crippen LogP contribution is 2.16. The minimum Gasteiger partial charge on any atom is -0.394 e. The fourth-order valence-corrected chi connectivity index (χ4v) is 1.88. The molecule has 3 heteroatoms. The van der Waals surface area contributed by atoms with Gasteiger partial charge in [0.2, 0.25) is 0 Å². The van der Waals surface area contributed by atoms with Crippen molar-refractivity contribution in [3.8, 4) is 0 Å². The molecule has 2 N–H and O–H groups in total. The summed E-state index contributed by atoms with van der Waals surface area (Å²) in [5, 5.41) is 12.6. The Hall–Kier alpha value is -0.120. The van der Waals surface area contributed by atoms with Crippen LogP contribution in [0.25, 0.3) is 0 Å². The molecule has 15 heavy (non-hydrogen) atoms. The van der Waals surface area contributed by atoms with E-state index in [1.165, 1.54) is 12.8 Å². The molecule has 1 aliphatic heterocycles. The van der Waals surface area contributed by atoms with Gasteiger partial charge >= 0.3 is 0 Å². The number of hydrogen-bond donors (Lipinski definition) is 2. The van der Waals surface area contributed by atoms with Gasteiger partial charge in [-0.3, -0.25) is 0 Å². The SMILES string of the molecule is CCC(C)(CO)NCCCC1CCCO1. The van der Waals surface area contributed by atoms with Crippen LogP contribution in [-0.2, 0) is 4.74 Å². The largest absolute Gasteiger partial charge is 0.394 e. The summed E-state index contributed by atoms with van der Waals surface area (Å²) < 4.78 is 5.56. The van der Waals surface area contributed by atoms with E-state index in [1.807, 2.05) is 0 Å². The molecule has 1 saturated heterocycles. The second kappa shape index (κ2) is 6.46. The second-order valence-electron chi connectivity index (χ2n) is 4.78. The molecule has 0 aromatic rings. The zero-order chi connectivity index (χ0) is 11.1. The first-order chi connectivity index (χ1) is 7.20. The molecule has 0 saturated carbocycles. The third-order valence-electron chi connectivity index (χ3n) is 3.41. The van der Waals surface area contributed by atoms with Gasteiger partial charge in [-0.2, -0.15) is 0 Å². The van der Waals surface area contributed by atoms with Gasteiger partial charge in [0.1, 0.15) is 0 Å². The van der Waals surface area contributed by atoms with Crippen LogP contribution in [0, 0.1) is 0 Å². The average molecular weight is 215 g/mol. The molecule has 0 aromatic heterocycles. The molecule has 2 atom stereocenters. The number of ether oxygens (including phenoxy) is 1. The first-order valence-electron chi connectivity index (χ1n) is 6.17. The van der Waals surface area contributed by atoms with Crippen molar-refractivity contribution in [1.82, 2.24) is 5.32 Å². The monoisotopic (exact) mass is 215 g/mol. The summed E-state index contributed by atoms with van der Waals surface area (Å²) in [7, 11) is 0. The third kappa shape index (κ3) is 4.49. The van der Waals surface area contributed by atoms with Crippen molar-refractivity contribution in [2.24, 2.45) is 0 Å². The molecule has 1 aliphatic rings. The second-order valence-corrected chi connectivity index (χ2v) is 4.78. The van der Waals surface area contributed by atoms with Crippen LogP contribution >= 0.6 is 0 Å². The molecule has 1 heterocycles. The van der Waals surface area contributed by atoms with E-state index < -0.39 is 0 Å². The molecule has 0 spiro atoms. The van der Waals surface area contributed by atoms with Crippen LogP contribution in [0.1, 0.15) is 46.0 Å². The number of aliphatic hydroxyl groups excluding tert-OH is 1. The lowest BCUT2D eigenvalue weighted by Crippen LogP contribution is -2.45. The highest BCUT2D eigenvalue weighted by molar-refractivity contribution is 4.80. The van der Waals surface area contributed by atoms with Crippen LogP contribution in [0.3, 0.4) is 0 Å². The van der Waals surface area contributed by atoms with E-state index >= 15 is 0 Å². The van der Waals surface area contributed by atoms with Crippen LogP contribution in [0.5, 0.6) is 0 Å². The quantitative estimate of drug-likeness (QED) is 0.635. The lowest BCUT2D eigenvalue weighted by Gasteiger charge is -2.27. The molecule has 3 nitrogen and oxygen atoms in total. The summed E-state index contributed by atoms with van der Waals surface area (Å²) in [6, 6.07) is 0. The topological polar surface area (TPSA) is 41.5 Å². The molecule has 0 amide bonds. The lowest BCUT2D eigenvalue weighted by molar-refractivity contribution is 0.100. The zero-order valence-electron chi connectivity index (χ0n) is 10.1. The van der Waals surface area contributed by atoms with Gasteiger partial charge in [-0.05, 0) is 45.6 Å². The summed E-state index contributed by atoms with van der Waals surface area (Å²) in [5.74, 6) is 0. The number of hydrogen-bond acceptors (Lipinski definition) is 3. The molecule has 1 rings (SSSR count). The summed E-state index contributed by atoms with van der Waals surface area (Å²) in [5.41, 5.74) is -0.101. The van der Waals surface area contributed by atoms with Gasteiger partial charge in [0, 0.05) is 12.1 Å². The molecular formula is C12H25NO2. The maximum Gasteiger partial charge on any atom is 0.0610 e. The third-order valence-corrected chi connectivity index (χ3v) is 3.41. The molecule has 0 aromatic carbocycles. The van der Waals surface area contributed by atoms with E-state index in [0.717, 1.165) is 32.4 Å². The van der Waals surface area contributed by atoms with Crippen molar-refractivity contribution in [2.45, 2.75) is 57.6 Å². The summed E-state index contributed by atoms with van der Waals surface area (Å²) in [6.07, 6.45) is 6.20. The molecule has 0 bridgehead atoms. The lowest BCUT2D eigenvalue weighted by atomic mass is 10.00. The van der Waals surface area contributed by atoms with Gasteiger partial charge in [0.05, 0.1) is 12.7 Å². The standard InChI is InChI=1S/C12H25NO2/c1-3-12(2,10-14)13-8-4-6-11-7-5-9-15-11/h11,13-14H,3-10H2,1-2H3. The normalized spacial score (nSPS) is 25.4. The Morgan fingerprint density at radius 2 is 2.33 bits per heavy atom. The van der Waals surface area contributed by atoms with Crippen LogP contribution < -0.4 is 5.32 Å².